The van der Waals surface area contributed by atoms with Gasteiger partial charge >= 0.3 is 18.0 Å². The molecule has 91 heavy (non-hydrogen) atoms. The van der Waals surface area contributed by atoms with Gasteiger partial charge in [0, 0.05) is 79.9 Å². The number of ether oxygens (including phenoxy) is 6. The van der Waals surface area contributed by atoms with Crippen molar-refractivity contribution in [2.75, 3.05) is 87.9 Å². The number of Topliss-reactive ketones (excluding diaryl/α,β-unsaturated/α-hetero) is 1. The van der Waals surface area contributed by atoms with E-state index in [-0.39, 0.29) is 68.8 Å². The number of ketones is 1. The molecule has 11 heterocycles. The van der Waals surface area contributed by atoms with Gasteiger partial charge in [-0.05, 0) is 95.2 Å². The third-order valence-corrected chi connectivity index (χ3v) is 15.3. The molecule has 2 spiro atoms. The zero-order valence-electron chi connectivity index (χ0n) is 56.8. The lowest BCUT2D eigenvalue weighted by molar-refractivity contribution is -0.177. The summed E-state index contributed by atoms with van der Waals surface area (Å²) in [4.78, 5) is 75.0. The number of nitrogens with two attached hydrogens (primary N) is 1. The summed E-state index contributed by atoms with van der Waals surface area (Å²) in [5.41, 5.74) is 8.83. The number of aromatic carboxylic acids is 2. The number of nitrogens with zero attached hydrogens (tertiary/aromatic N) is 13. The summed E-state index contributed by atoms with van der Waals surface area (Å²) in [6.45, 7) is 10.8. The number of pyridine rings is 3. The average Bonchev–Trinajstić information content (AvgIpc) is 1.16. The quantitative estimate of drug-likeness (QED) is 0.0423. The number of carboxylic acids is 2. The lowest BCUT2D eigenvalue weighted by atomic mass is 9.59. The molecular formula is C61H72N18O12. The van der Waals surface area contributed by atoms with Gasteiger partial charge in [0.05, 0.1) is 80.0 Å². The zero-order valence-corrected chi connectivity index (χ0v) is 50.8. The Balaban J connectivity index is 0.000000149. The third kappa shape index (κ3) is 14.1. The topological polar surface area (TPSA) is 371 Å². The number of carbonyl (C=O) groups is 4. The number of carbonyl (C=O) groups excluding carboxylic acids is 2. The molecular weight excluding hydrogens is 1180 g/mol. The molecule has 0 unspecified atom stereocenters. The van der Waals surface area contributed by atoms with Crippen molar-refractivity contribution in [2.24, 2.45) is 22.5 Å². The molecule has 4 aliphatic rings. The highest BCUT2D eigenvalue weighted by Crippen LogP contribution is 2.52. The SMILES string of the molecule is CCc1cc(Nc2cccnc2OC)nc2c(C(=O)CC3CC4(COC4)C3)cnn12.NC1CC2(COC2)C1.[2H]C([2H])([2H])Oc1ncccc1Nc1cc(N(C)C(=O)OC(C)(C)C)n2ncc(C(=O)O)c2n1.[2H]C([2H])([2H])Oc1ncccc1Nc1cc(NC)n2ncc(C(=O)O)c2n1. The first-order chi connectivity index (χ1) is 45.9. The van der Waals surface area contributed by atoms with Crippen LogP contribution in [0.4, 0.5) is 50.9 Å². The molecule has 13 rings (SSSR count). The largest absolute Gasteiger partial charge is 0.480 e. The summed E-state index contributed by atoms with van der Waals surface area (Å²) < 4.78 is 78.8. The van der Waals surface area contributed by atoms with Crippen molar-refractivity contribution in [1.29, 1.82) is 0 Å². The van der Waals surface area contributed by atoms with Gasteiger partial charge < -0.3 is 65.6 Å². The van der Waals surface area contributed by atoms with Crippen LogP contribution in [0, 0.1) is 16.7 Å². The second-order valence-electron chi connectivity index (χ2n) is 23.2. The Morgan fingerprint density at radius 1 is 0.692 bits per heavy atom. The molecule has 30 heteroatoms. The van der Waals surface area contributed by atoms with E-state index < -0.39 is 37.7 Å². The van der Waals surface area contributed by atoms with Crippen molar-refractivity contribution >= 4 is 86.9 Å². The van der Waals surface area contributed by atoms with Crippen LogP contribution >= 0.6 is 0 Å². The predicted octanol–water partition coefficient (Wildman–Crippen LogP) is 8.12. The number of rotatable bonds is 17. The number of anilines is 8. The average molecular weight is 1260 g/mol. The second-order valence-corrected chi connectivity index (χ2v) is 23.2. The number of methoxy groups -OCH3 is 3. The summed E-state index contributed by atoms with van der Waals surface area (Å²) in [6, 6.07) is 15.3. The fraction of sp³-hybridized carbons (Fsp3) is 0.393. The standard InChI is InChI=1S/C22H25N5O3.C19H22N6O5.C14H14N6O3.C6H11NO/c1-3-15-8-19(25-17-5-4-6-23-21(17)29-2)26-20-16(11-24-27(15)20)18(28)7-14-9-22(10-14)12-30-13-22;1-19(2,3)30-18(28)24(4)14-9-13(22-12-7-6-8-20-16(12)29-5)23-15-11(17(26)27)10-21-25(14)15;1-15-11-6-10(18-9-4-3-5-16-13(9)23-2)19-12-8(14(21)22)7-17-20(11)12;7-5-1-6(2-5)3-8-4-6/h4-6,8,11,14H,3,7,9-10,12-13H2,1-2H3,(H,25,26);6-10H,1-5H3,(H,22,23)(H,26,27);3-7,15H,1-2H3,(H,18,19)(H,21,22);5H,1-4,7H2/i;5D3;2D3;. The number of nitrogens with one attached hydrogen (secondary N) is 4. The molecule has 2 aliphatic carbocycles. The Labute approximate surface area is 530 Å². The first kappa shape index (κ1) is 55.9. The lowest BCUT2D eigenvalue weighted by Gasteiger charge is -2.53. The Morgan fingerprint density at radius 2 is 1.15 bits per heavy atom. The fourth-order valence-corrected chi connectivity index (χ4v) is 10.9. The summed E-state index contributed by atoms with van der Waals surface area (Å²) in [5.74, 6) is -0.159. The molecule has 1 amide bonds. The molecule has 8 N–H and O–H groups in total. The monoisotopic (exact) mass is 1250 g/mol. The molecule has 2 saturated carbocycles. The highest BCUT2D eigenvalue weighted by atomic mass is 16.6. The number of fused-ring (bicyclic) bond motifs is 3. The smallest absolute Gasteiger partial charge is 0.415 e. The number of hydrogen-bond acceptors (Lipinski definition) is 24. The number of aryl methyl sites for hydroxylation is 1. The van der Waals surface area contributed by atoms with Crippen LogP contribution in [-0.4, -0.2) is 166 Å². The summed E-state index contributed by atoms with van der Waals surface area (Å²) in [7, 11) is -0.752. The summed E-state index contributed by atoms with van der Waals surface area (Å²) in [5, 5.41) is 43.2. The van der Waals surface area contributed by atoms with E-state index in [0.717, 1.165) is 62.5 Å². The van der Waals surface area contributed by atoms with Gasteiger partial charge in [-0.1, -0.05) is 6.92 Å². The maximum absolute atomic E-state index is 13.0. The molecule has 0 atom stereocenters. The number of hydrogen-bond donors (Lipinski definition) is 7. The molecule has 2 saturated heterocycles. The minimum atomic E-state index is -2.74. The van der Waals surface area contributed by atoms with E-state index in [4.69, 9.17) is 47.4 Å². The van der Waals surface area contributed by atoms with Crippen molar-refractivity contribution in [3.63, 3.8) is 0 Å². The molecule has 0 bridgehead atoms. The van der Waals surface area contributed by atoms with Crippen LogP contribution in [0.2, 0.25) is 0 Å². The van der Waals surface area contributed by atoms with E-state index in [1.54, 1.807) is 76.1 Å². The van der Waals surface area contributed by atoms with Crippen molar-refractivity contribution < 1.29 is 66.0 Å². The van der Waals surface area contributed by atoms with Gasteiger partial charge in [0.1, 0.15) is 62.9 Å². The summed E-state index contributed by atoms with van der Waals surface area (Å²) >= 11 is 0. The van der Waals surface area contributed by atoms with Gasteiger partial charge in [-0.25, -0.2) is 48.8 Å². The number of aromatic nitrogens is 12. The van der Waals surface area contributed by atoms with Crippen LogP contribution in [0.5, 0.6) is 17.6 Å². The molecule has 9 aromatic heterocycles. The maximum Gasteiger partial charge on any atom is 0.415 e. The van der Waals surface area contributed by atoms with Crippen molar-refractivity contribution in [2.45, 2.75) is 77.9 Å². The van der Waals surface area contributed by atoms with Crippen molar-refractivity contribution in [1.82, 2.24) is 58.7 Å². The fourth-order valence-electron chi connectivity index (χ4n) is 10.9. The van der Waals surface area contributed by atoms with Crippen LogP contribution in [0.25, 0.3) is 16.9 Å². The maximum atomic E-state index is 13.0. The van der Waals surface area contributed by atoms with Crippen LogP contribution in [-0.2, 0) is 20.6 Å². The van der Waals surface area contributed by atoms with Crippen LogP contribution in [0.3, 0.4) is 0 Å². The van der Waals surface area contributed by atoms with Crippen LogP contribution in [0.15, 0.2) is 91.8 Å². The van der Waals surface area contributed by atoms with E-state index in [9.17, 15) is 29.4 Å². The minimum absolute atomic E-state index is 0.0555. The Morgan fingerprint density at radius 3 is 1.60 bits per heavy atom. The predicted molar refractivity (Wildman–Crippen MR) is 334 cm³/mol. The van der Waals surface area contributed by atoms with Crippen molar-refractivity contribution in [3.05, 3.63) is 114 Å². The first-order valence-electron chi connectivity index (χ1n) is 31.7. The van der Waals surface area contributed by atoms with Gasteiger partial charge in [-0.3, -0.25) is 9.69 Å². The number of carboxylic acid groups (broad SMARTS) is 2. The molecule has 478 valence electrons. The zero-order chi connectivity index (χ0) is 69.8. The van der Waals surface area contributed by atoms with Gasteiger partial charge in [0.15, 0.2) is 22.7 Å². The minimum Gasteiger partial charge on any atom is -0.480 e. The van der Waals surface area contributed by atoms with Crippen LogP contribution in [0.1, 0.15) is 105 Å². The molecule has 4 fully saturated rings. The Bertz CT molecular complexity index is 4360. The van der Waals surface area contributed by atoms with E-state index in [0.29, 0.717) is 63.6 Å². The molecule has 0 radical (unpaired) electrons. The third-order valence-electron chi connectivity index (χ3n) is 15.3. The molecule has 9 aromatic rings. The highest BCUT2D eigenvalue weighted by molar-refractivity contribution is 6.02. The Kier molecular flexibility index (Phi) is 16.5. The van der Waals surface area contributed by atoms with Gasteiger partial charge in [-0.2, -0.15) is 24.3 Å². The summed E-state index contributed by atoms with van der Waals surface area (Å²) in [6.07, 6.45) is 13.5. The van der Waals surface area contributed by atoms with Crippen LogP contribution < -0.4 is 46.1 Å². The van der Waals surface area contributed by atoms with E-state index in [2.05, 4.69) is 68.4 Å². The Hall–Kier alpha value is -10.3. The van der Waals surface area contributed by atoms with Gasteiger partial charge in [0.25, 0.3) is 0 Å². The number of amides is 1. The van der Waals surface area contributed by atoms with E-state index >= 15 is 0 Å². The van der Waals surface area contributed by atoms with E-state index in [1.807, 2.05) is 18.2 Å². The molecule has 2 aliphatic heterocycles. The molecule has 30 nitrogen and oxygen atoms in total. The normalized spacial score (nSPS) is 17.0. The van der Waals surface area contributed by atoms with Gasteiger partial charge in [0.2, 0.25) is 17.6 Å². The second kappa shape index (κ2) is 26.8. The van der Waals surface area contributed by atoms with Gasteiger partial charge in [-0.15, -0.1) is 0 Å². The van der Waals surface area contributed by atoms with Crippen molar-refractivity contribution in [3.8, 4) is 17.6 Å². The highest BCUT2D eigenvalue weighted by Gasteiger charge is 2.50. The van der Waals surface area contributed by atoms with E-state index in [1.165, 1.54) is 59.6 Å². The first-order valence-corrected chi connectivity index (χ1v) is 28.7. The lowest BCUT2D eigenvalue weighted by Crippen LogP contribution is -2.57. The molecule has 0 aromatic carbocycles.